The van der Waals surface area contributed by atoms with Gasteiger partial charge in [0.1, 0.15) is 0 Å². The van der Waals surface area contributed by atoms with Crippen molar-refractivity contribution in [2.75, 3.05) is 0 Å². The zero-order chi connectivity index (χ0) is 23.5. The molecular weight excluding hydrogens is 422 g/mol. The Hall–Kier alpha value is -4.41. The van der Waals surface area contributed by atoms with Gasteiger partial charge in [0.2, 0.25) is 0 Å². The number of nitrogens with zero attached hydrogens (tertiary/aromatic N) is 1. The van der Waals surface area contributed by atoms with Gasteiger partial charge in [0, 0.05) is 17.4 Å². The van der Waals surface area contributed by atoms with E-state index in [1.54, 1.807) is 0 Å². The topological polar surface area (TPSA) is 23.8 Å². The van der Waals surface area contributed by atoms with Crippen molar-refractivity contribution >= 4 is 32.7 Å². The average molecular weight is 446 g/mol. The molecule has 0 amide bonds. The molecule has 2 unspecified atom stereocenters. The van der Waals surface area contributed by atoms with Gasteiger partial charge in [-0.2, -0.15) is 5.26 Å². The molecule has 0 aliphatic heterocycles. The van der Waals surface area contributed by atoms with Gasteiger partial charge in [-0.05, 0) is 73.5 Å². The van der Waals surface area contributed by atoms with E-state index in [1.165, 1.54) is 60.5 Å². The average Bonchev–Trinajstić information content (AvgIpc) is 3.44. The van der Waals surface area contributed by atoms with Crippen LogP contribution < -0.4 is 0 Å². The molecule has 0 bridgehead atoms. The molecule has 164 valence electrons. The Bertz CT molecular complexity index is 1750. The lowest BCUT2D eigenvalue weighted by Crippen LogP contribution is -2.08. The molecule has 2 aliphatic carbocycles. The van der Waals surface area contributed by atoms with Crippen LogP contribution in [0.3, 0.4) is 0 Å². The van der Waals surface area contributed by atoms with Crippen molar-refractivity contribution in [3.63, 3.8) is 0 Å². The second-order valence-electron chi connectivity index (χ2n) is 9.59. The molecule has 5 aromatic carbocycles. The van der Waals surface area contributed by atoms with E-state index in [1.807, 2.05) is 6.92 Å². The largest absolute Gasteiger partial charge is 0.193 e. The lowest BCUT2D eigenvalue weighted by molar-refractivity contribution is 0.766. The Balaban J connectivity index is 1.67. The molecule has 0 fully saturated rings. The van der Waals surface area contributed by atoms with Gasteiger partial charge in [0.15, 0.2) is 0 Å². The first kappa shape index (κ1) is 20.0. The molecule has 0 radical (unpaired) electrons. The summed E-state index contributed by atoms with van der Waals surface area (Å²) in [6, 6.07) is 41.8. The molecular formula is C34H23N. The Morgan fingerprint density at radius 2 is 1.40 bits per heavy atom. The van der Waals surface area contributed by atoms with E-state index < -0.39 is 0 Å². The fourth-order valence-corrected chi connectivity index (χ4v) is 6.51. The second-order valence-corrected chi connectivity index (χ2v) is 9.59. The van der Waals surface area contributed by atoms with Crippen LogP contribution in [0.1, 0.15) is 41.0 Å². The molecule has 0 saturated carbocycles. The summed E-state index contributed by atoms with van der Waals surface area (Å²) in [7, 11) is 0. The lowest BCUT2D eigenvalue weighted by Gasteiger charge is -2.23. The van der Waals surface area contributed by atoms with Crippen LogP contribution >= 0.6 is 0 Å². The van der Waals surface area contributed by atoms with E-state index in [9.17, 15) is 5.26 Å². The summed E-state index contributed by atoms with van der Waals surface area (Å²) in [5.41, 5.74) is 9.71. The standard InChI is InChI=1S/C34H23N/c1-21(20-35)29-30(22-11-4-2-5-12-22)33-27-18-10-17-26-25-16-9-8-15-24(25)19-28(32(26)27)34(33)31(29)23-13-6-3-7-14-23/h2-19,31,34H,1H3/b29-21-. The van der Waals surface area contributed by atoms with E-state index in [2.05, 4.69) is 115 Å². The fourth-order valence-electron chi connectivity index (χ4n) is 6.51. The summed E-state index contributed by atoms with van der Waals surface area (Å²) in [4.78, 5) is 0. The van der Waals surface area contributed by atoms with Crippen LogP contribution in [0.25, 0.3) is 32.7 Å². The Labute approximate surface area is 205 Å². The van der Waals surface area contributed by atoms with Crippen molar-refractivity contribution in [1.29, 1.82) is 5.26 Å². The van der Waals surface area contributed by atoms with Crippen LogP contribution in [0.15, 0.2) is 120 Å². The molecule has 2 atom stereocenters. The van der Waals surface area contributed by atoms with Crippen LogP contribution in [0.2, 0.25) is 0 Å². The second kappa shape index (κ2) is 7.55. The summed E-state index contributed by atoms with van der Waals surface area (Å²) in [5.74, 6) is 0.272. The third-order valence-electron chi connectivity index (χ3n) is 7.83. The molecule has 0 heterocycles. The van der Waals surface area contributed by atoms with Crippen molar-refractivity contribution in [1.82, 2.24) is 0 Å². The Morgan fingerprint density at radius 1 is 0.714 bits per heavy atom. The minimum Gasteiger partial charge on any atom is -0.193 e. The molecule has 2 aliphatic rings. The van der Waals surface area contributed by atoms with Gasteiger partial charge in [0.25, 0.3) is 0 Å². The number of rotatable bonds is 2. The highest BCUT2D eigenvalue weighted by atomic mass is 14.5. The monoisotopic (exact) mass is 445 g/mol. The number of nitriles is 1. The third-order valence-corrected chi connectivity index (χ3v) is 7.83. The van der Waals surface area contributed by atoms with Crippen LogP contribution in [0.5, 0.6) is 0 Å². The van der Waals surface area contributed by atoms with Crippen LogP contribution in [-0.2, 0) is 0 Å². The summed E-state index contributed by atoms with van der Waals surface area (Å²) in [6.45, 7) is 1.98. The molecule has 0 aromatic heterocycles. The predicted octanol–water partition coefficient (Wildman–Crippen LogP) is 8.64. The van der Waals surface area contributed by atoms with Crippen molar-refractivity contribution in [3.05, 3.63) is 143 Å². The molecule has 1 heteroatoms. The van der Waals surface area contributed by atoms with Crippen molar-refractivity contribution in [2.45, 2.75) is 18.8 Å². The molecule has 1 nitrogen and oxygen atoms in total. The number of fused-ring (bicyclic) bond motifs is 5. The summed E-state index contributed by atoms with van der Waals surface area (Å²) < 4.78 is 0. The normalized spacial score (nSPS) is 19.8. The summed E-state index contributed by atoms with van der Waals surface area (Å²) in [5, 5.41) is 15.4. The minimum atomic E-state index is 0.0952. The number of allylic oxidation sites excluding steroid dienone is 4. The SMILES string of the molecule is C/C(C#N)=C1\C(c2ccccc2)=C2c3cccc4c3c(cc3ccccc34)C2C1c1ccccc1. The first-order valence-electron chi connectivity index (χ1n) is 12.2. The van der Waals surface area contributed by atoms with Gasteiger partial charge in [-0.1, -0.05) is 103 Å². The zero-order valence-electron chi connectivity index (χ0n) is 19.5. The van der Waals surface area contributed by atoms with E-state index >= 15 is 0 Å². The molecule has 35 heavy (non-hydrogen) atoms. The Kier molecular flexibility index (Phi) is 4.32. The van der Waals surface area contributed by atoms with E-state index in [-0.39, 0.29) is 11.8 Å². The number of hydrogen-bond acceptors (Lipinski definition) is 1. The maximum absolute atomic E-state index is 10.1. The minimum absolute atomic E-state index is 0.0952. The highest BCUT2D eigenvalue weighted by Crippen LogP contribution is 2.65. The van der Waals surface area contributed by atoms with Gasteiger partial charge in [-0.25, -0.2) is 0 Å². The van der Waals surface area contributed by atoms with Crippen LogP contribution in [0, 0.1) is 11.3 Å². The highest BCUT2D eigenvalue weighted by molar-refractivity contribution is 6.21. The van der Waals surface area contributed by atoms with E-state index in [4.69, 9.17) is 0 Å². The number of benzene rings is 5. The van der Waals surface area contributed by atoms with Crippen molar-refractivity contribution < 1.29 is 0 Å². The Morgan fingerprint density at radius 3 is 2.17 bits per heavy atom. The van der Waals surface area contributed by atoms with Crippen molar-refractivity contribution in [2.24, 2.45) is 0 Å². The van der Waals surface area contributed by atoms with E-state index in [0.717, 1.165) is 5.57 Å². The third kappa shape index (κ3) is 2.74. The van der Waals surface area contributed by atoms with Crippen LogP contribution in [-0.4, -0.2) is 0 Å². The summed E-state index contributed by atoms with van der Waals surface area (Å²) in [6.07, 6.45) is 0. The zero-order valence-corrected chi connectivity index (χ0v) is 19.5. The smallest absolute Gasteiger partial charge is 0.0947 e. The summed E-state index contributed by atoms with van der Waals surface area (Å²) >= 11 is 0. The molecule has 0 saturated heterocycles. The highest BCUT2D eigenvalue weighted by Gasteiger charge is 2.46. The van der Waals surface area contributed by atoms with Gasteiger partial charge in [-0.3, -0.25) is 0 Å². The molecule has 7 rings (SSSR count). The molecule has 0 spiro atoms. The molecule has 0 N–H and O–H groups in total. The maximum Gasteiger partial charge on any atom is 0.0947 e. The molecule has 5 aromatic rings. The first-order chi connectivity index (χ1) is 17.3. The van der Waals surface area contributed by atoms with Crippen LogP contribution in [0.4, 0.5) is 0 Å². The van der Waals surface area contributed by atoms with Gasteiger partial charge >= 0.3 is 0 Å². The fraction of sp³-hybridized carbons (Fsp3) is 0.0882. The lowest BCUT2D eigenvalue weighted by atomic mass is 9.78. The van der Waals surface area contributed by atoms with Gasteiger partial charge < -0.3 is 0 Å². The van der Waals surface area contributed by atoms with Gasteiger partial charge in [-0.15, -0.1) is 0 Å². The first-order valence-corrected chi connectivity index (χ1v) is 12.2. The maximum atomic E-state index is 10.1. The van der Waals surface area contributed by atoms with Crippen molar-refractivity contribution in [3.8, 4) is 6.07 Å². The predicted molar refractivity (Wildman–Crippen MR) is 145 cm³/mol. The van der Waals surface area contributed by atoms with Gasteiger partial charge in [0.05, 0.1) is 6.07 Å². The quantitative estimate of drug-likeness (QED) is 0.197. The van der Waals surface area contributed by atoms with E-state index in [0.29, 0.717) is 0 Å². The number of hydrogen-bond donors (Lipinski definition) is 0.